The Labute approximate surface area is 123 Å². The number of nitrogens with one attached hydrogen (secondary N) is 1. The predicted molar refractivity (Wildman–Crippen MR) is 81.0 cm³/mol. The van der Waals surface area contributed by atoms with Gasteiger partial charge in [0.25, 0.3) is 5.91 Å². The number of carbonyl (C=O) groups excluding carboxylic acids is 1. The van der Waals surface area contributed by atoms with E-state index < -0.39 is 0 Å². The second kappa shape index (κ2) is 6.39. The zero-order chi connectivity index (χ0) is 14.5. The lowest BCUT2D eigenvalue weighted by molar-refractivity contribution is 0.0827. The molecular weight excluding hydrogens is 274 g/mol. The van der Waals surface area contributed by atoms with Gasteiger partial charge in [0.05, 0.1) is 5.56 Å². The molecule has 0 spiro atoms. The molecule has 0 bridgehead atoms. The number of hydrogen-bond acceptors (Lipinski definition) is 3. The van der Waals surface area contributed by atoms with Gasteiger partial charge in [0.2, 0.25) is 0 Å². The van der Waals surface area contributed by atoms with Crippen molar-refractivity contribution in [2.75, 3.05) is 19.4 Å². The van der Waals surface area contributed by atoms with Gasteiger partial charge in [-0.25, -0.2) is 4.98 Å². The second-order valence-electron chi connectivity index (χ2n) is 4.61. The number of pyridine rings is 1. The highest BCUT2D eigenvalue weighted by atomic mass is 35.5. The van der Waals surface area contributed by atoms with Crippen molar-refractivity contribution in [2.45, 2.75) is 6.54 Å². The third-order valence-corrected chi connectivity index (χ3v) is 3.06. The van der Waals surface area contributed by atoms with Crippen LogP contribution in [0.1, 0.15) is 15.9 Å². The van der Waals surface area contributed by atoms with E-state index in [1.54, 1.807) is 32.4 Å². The van der Waals surface area contributed by atoms with Crippen molar-refractivity contribution in [1.82, 2.24) is 9.88 Å². The van der Waals surface area contributed by atoms with Crippen LogP contribution in [0.5, 0.6) is 0 Å². The molecule has 0 atom stereocenters. The highest BCUT2D eigenvalue weighted by Gasteiger charge is 2.07. The Morgan fingerprint density at radius 2 is 1.90 bits per heavy atom. The van der Waals surface area contributed by atoms with Gasteiger partial charge in [-0.15, -0.1) is 0 Å². The third kappa shape index (κ3) is 3.71. The standard InChI is InChI=1S/C15H16ClN3O/c1-19(2)15(20)12-5-8-14(18-10-12)17-9-11-3-6-13(16)7-4-11/h3-8,10H,9H2,1-2H3,(H,17,18). The number of hydrogen-bond donors (Lipinski definition) is 1. The first-order valence-electron chi connectivity index (χ1n) is 6.22. The smallest absolute Gasteiger partial charge is 0.254 e. The summed E-state index contributed by atoms with van der Waals surface area (Å²) in [4.78, 5) is 17.5. The largest absolute Gasteiger partial charge is 0.366 e. The Balaban J connectivity index is 1.97. The molecule has 0 aliphatic carbocycles. The van der Waals surface area contributed by atoms with Gasteiger partial charge >= 0.3 is 0 Å². The van der Waals surface area contributed by atoms with Gasteiger partial charge in [-0.3, -0.25) is 4.79 Å². The summed E-state index contributed by atoms with van der Waals surface area (Å²) in [5.74, 6) is 0.678. The first-order valence-corrected chi connectivity index (χ1v) is 6.60. The van der Waals surface area contributed by atoms with Gasteiger partial charge in [-0.2, -0.15) is 0 Å². The second-order valence-corrected chi connectivity index (χ2v) is 5.05. The van der Waals surface area contributed by atoms with E-state index in [0.29, 0.717) is 12.1 Å². The zero-order valence-electron chi connectivity index (χ0n) is 11.4. The molecule has 1 heterocycles. The van der Waals surface area contributed by atoms with Crippen LogP contribution in [-0.4, -0.2) is 29.9 Å². The summed E-state index contributed by atoms with van der Waals surface area (Å²) in [6.07, 6.45) is 1.58. The minimum Gasteiger partial charge on any atom is -0.366 e. The van der Waals surface area contributed by atoms with Crippen LogP contribution < -0.4 is 5.32 Å². The van der Waals surface area contributed by atoms with Gasteiger partial charge in [0.15, 0.2) is 0 Å². The van der Waals surface area contributed by atoms with Gasteiger partial charge in [0.1, 0.15) is 5.82 Å². The van der Waals surface area contributed by atoms with Crippen LogP contribution in [0.25, 0.3) is 0 Å². The monoisotopic (exact) mass is 289 g/mol. The van der Waals surface area contributed by atoms with Crippen LogP contribution in [-0.2, 0) is 6.54 Å². The molecule has 0 radical (unpaired) electrons. The van der Waals surface area contributed by atoms with E-state index in [0.717, 1.165) is 16.4 Å². The molecule has 1 amide bonds. The van der Waals surface area contributed by atoms with Crippen molar-refractivity contribution in [3.05, 3.63) is 58.7 Å². The van der Waals surface area contributed by atoms with Crippen LogP contribution in [0.2, 0.25) is 5.02 Å². The highest BCUT2D eigenvalue weighted by Crippen LogP contribution is 2.12. The number of nitrogens with zero attached hydrogens (tertiary/aromatic N) is 2. The molecule has 0 aliphatic heterocycles. The van der Waals surface area contributed by atoms with E-state index in [9.17, 15) is 4.79 Å². The van der Waals surface area contributed by atoms with E-state index in [4.69, 9.17) is 11.6 Å². The van der Waals surface area contributed by atoms with Crippen LogP contribution in [0.15, 0.2) is 42.6 Å². The first kappa shape index (κ1) is 14.3. The summed E-state index contributed by atoms with van der Waals surface area (Å²) < 4.78 is 0. The molecular formula is C15H16ClN3O. The summed E-state index contributed by atoms with van der Waals surface area (Å²) >= 11 is 5.83. The van der Waals surface area contributed by atoms with E-state index >= 15 is 0 Å². The van der Waals surface area contributed by atoms with E-state index in [2.05, 4.69) is 10.3 Å². The molecule has 1 aromatic heterocycles. The fourth-order valence-electron chi connectivity index (χ4n) is 1.68. The maximum atomic E-state index is 11.7. The molecule has 0 aliphatic rings. The molecule has 4 nitrogen and oxygen atoms in total. The van der Waals surface area contributed by atoms with E-state index in [1.807, 2.05) is 24.3 Å². The Morgan fingerprint density at radius 3 is 2.45 bits per heavy atom. The Morgan fingerprint density at radius 1 is 1.20 bits per heavy atom. The van der Waals surface area contributed by atoms with Crippen LogP contribution in [0, 0.1) is 0 Å². The molecule has 2 aromatic rings. The maximum absolute atomic E-state index is 11.7. The summed E-state index contributed by atoms with van der Waals surface area (Å²) in [6, 6.07) is 11.2. The lowest BCUT2D eigenvalue weighted by Crippen LogP contribution is -2.21. The van der Waals surface area contributed by atoms with Gasteiger partial charge in [-0.05, 0) is 29.8 Å². The van der Waals surface area contributed by atoms with Crippen LogP contribution in [0.4, 0.5) is 5.82 Å². The summed E-state index contributed by atoms with van der Waals surface area (Å²) in [5, 5.41) is 3.92. The molecule has 2 rings (SSSR count). The van der Waals surface area contributed by atoms with Crippen molar-refractivity contribution in [1.29, 1.82) is 0 Å². The predicted octanol–water partition coefficient (Wildman–Crippen LogP) is 3.05. The number of anilines is 1. The van der Waals surface area contributed by atoms with Crippen molar-refractivity contribution in [2.24, 2.45) is 0 Å². The average Bonchev–Trinajstić information content (AvgIpc) is 2.46. The molecule has 104 valence electrons. The number of benzene rings is 1. The molecule has 20 heavy (non-hydrogen) atoms. The number of rotatable bonds is 4. The lowest BCUT2D eigenvalue weighted by atomic mass is 10.2. The molecule has 0 unspecified atom stereocenters. The zero-order valence-corrected chi connectivity index (χ0v) is 12.2. The number of aromatic nitrogens is 1. The summed E-state index contributed by atoms with van der Waals surface area (Å²) in [7, 11) is 3.43. The topological polar surface area (TPSA) is 45.2 Å². The third-order valence-electron chi connectivity index (χ3n) is 2.80. The lowest BCUT2D eigenvalue weighted by Gasteiger charge is -2.10. The van der Waals surface area contributed by atoms with Crippen LogP contribution in [0.3, 0.4) is 0 Å². The highest BCUT2D eigenvalue weighted by molar-refractivity contribution is 6.30. The minimum absolute atomic E-state index is 0.0539. The molecule has 0 saturated heterocycles. The van der Waals surface area contributed by atoms with Crippen molar-refractivity contribution < 1.29 is 4.79 Å². The number of halogens is 1. The van der Waals surface area contributed by atoms with E-state index in [-0.39, 0.29) is 5.91 Å². The summed E-state index contributed by atoms with van der Waals surface area (Å²) in [6.45, 7) is 0.658. The average molecular weight is 290 g/mol. The molecule has 0 fully saturated rings. The number of carbonyl (C=O) groups is 1. The fourth-order valence-corrected chi connectivity index (χ4v) is 1.80. The Kier molecular flexibility index (Phi) is 4.58. The van der Waals surface area contributed by atoms with Gasteiger partial charge in [-0.1, -0.05) is 23.7 Å². The first-order chi connectivity index (χ1) is 9.56. The van der Waals surface area contributed by atoms with Gasteiger partial charge < -0.3 is 10.2 Å². The normalized spacial score (nSPS) is 10.2. The molecule has 5 heteroatoms. The van der Waals surface area contributed by atoms with Crippen LogP contribution >= 0.6 is 11.6 Å². The van der Waals surface area contributed by atoms with Crippen molar-refractivity contribution in [3.8, 4) is 0 Å². The SMILES string of the molecule is CN(C)C(=O)c1ccc(NCc2ccc(Cl)cc2)nc1. The van der Waals surface area contributed by atoms with Gasteiger partial charge in [0, 0.05) is 31.9 Å². The fraction of sp³-hybridized carbons (Fsp3) is 0.200. The summed E-state index contributed by atoms with van der Waals surface area (Å²) in [5.41, 5.74) is 1.69. The molecule has 1 aromatic carbocycles. The number of amides is 1. The Hall–Kier alpha value is -2.07. The Bertz CT molecular complexity index is 579. The molecule has 0 saturated carbocycles. The quantitative estimate of drug-likeness (QED) is 0.941. The van der Waals surface area contributed by atoms with Crippen molar-refractivity contribution in [3.63, 3.8) is 0 Å². The maximum Gasteiger partial charge on any atom is 0.254 e. The van der Waals surface area contributed by atoms with E-state index in [1.165, 1.54) is 4.90 Å². The minimum atomic E-state index is -0.0539. The van der Waals surface area contributed by atoms with Crippen molar-refractivity contribution >= 4 is 23.3 Å². The molecule has 1 N–H and O–H groups in total.